The Bertz CT molecular complexity index is 374. The normalized spacial score (nSPS) is 10.5. The van der Waals surface area contributed by atoms with Crippen molar-refractivity contribution in [3.8, 4) is 0 Å². The molecule has 0 bridgehead atoms. The van der Waals surface area contributed by atoms with Gasteiger partial charge in [-0.2, -0.15) is 0 Å². The zero-order valence-electron chi connectivity index (χ0n) is 9.61. The molecular formula is C12H17NOS. The molecule has 0 heterocycles. The predicted molar refractivity (Wildman–Crippen MR) is 68.1 cm³/mol. The molecule has 0 spiro atoms. The van der Waals surface area contributed by atoms with Crippen molar-refractivity contribution < 1.29 is 4.79 Å². The number of nitrogens with zero attached hydrogens (tertiary/aromatic N) is 1. The average molecular weight is 223 g/mol. The number of hydrogen-bond acceptors (Lipinski definition) is 1. The van der Waals surface area contributed by atoms with Gasteiger partial charge in [0, 0.05) is 12.7 Å². The van der Waals surface area contributed by atoms with Crippen LogP contribution in [0, 0.1) is 6.92 Å². The third-order valence-corrected chi connectivity index (χ3v) is 2.85. The Morgan fingerprint density at radius 3 is 2.47 bits per heavy atom. The maximum absolute atomic E-state index is 11.2. The second-order valence-corrected chi connectivity index (χ2v) is 4.42. The van der Waals surface area contributed by atoms with E-state index in [4.69, 9.17) is 0 Å². The van der Waals surface area contributed by atoms with Crippen molar-refractivity contribution in [1.29, 1.82) is 0 Å². The summed E-state index contributed by atoms with van der Waals surface area (Å²) < 4.78 is 0. The largest absolute Gasteiger partial charge is 0.306 e. The van der Waals surface area contributed by atoms with Gasteiger partial charge >= 0.3 is 0 Å². The minimum Gasteiger partial charge on any atom is -0.306 e. The summed E-state index contributed by atoms with van der Waals surface area (Å²) in [5, 5.41) is -0.237. The molecule has 0 aliphatic carbocycles. The van der Waals surface area contributed by atoms with Gasteiger partial charge in [-0.05, 0) is 30.0 Å². The lowest BCUT2D eigenvalue weighted by Crippen LogP contribution is -2.20. The number of amides is 1. The van der Waals surface area contributed by atoms with Crippen LogP contribution in [0.15, 0.2) is 18.2 Å². The van der Waals surface area contributed by atoms with E-state index in [1.165, 1.54) is 5.56 Å². The van der Waals surface area contributed by atoms with Crippen molar-refractivity contribution in [1.82, 2.24) is 0 Å². The van der Waals surface area contributed by atoms with E-state index >= 15 is 0 Å². The van der Waals surface area contributed by atoms with Gasteiger partial charge in [0.1, 0.15) is 0 Å². The Morgan fingerprint density at radius 2 is 2.00 bits per heavy atom. The van der Waals surface area contributed by atoms with Gasteiger partial charge in [0.2, 0.25) is 0 Å². The van der Waals surface area contributed by atoms with Crippen LogP contribution in [0.4, 0.5) is 10.5 Å². The van der Waals surface area contributed by atoms with Crippen LogP contribution in [-0.4, -0.2) is 12.3 Å². The SMILES string of the molecule is Cc1ccc(C(C)C)cc1N(C)C(=O)S. The molecule has 0 N–H and O–H groups in total. The highest BCUT2D eigenvalue weighted by molar-refractivity contribution is 7.96. The van der Waals surface area contributed by atoms with E-state index in [0.717, 1.165) is 11.3 Å². The third kappa shape index (κ3) is 2.75. The van der Waals surface area contributed by atoms with Crippen molar-refractivity contribution >= 4 is 23.6 Å². The molecule has 3 heteroatoms. The van der Waals surface area contributed by atoms with Crippen LogP contribution >= 0.6 is 12.6 Å². The van der Waals surface area contributed by atoms with Crippen LogP contribution in [0.5, 0.6) is 0 Å². The van der Waals surface area contributed by atoms with Gasteiger partial charge in [-0.3, -0.25) is 4.79 Å². The molecule has 1 aromatic carbocycles. The van der Waals surface area contributed by atoms with E-state index in [0.29, 0.717) is 5.92 Å². The molecule has 1 rings (SSSR count). The molecule has 0 aliphatic heterocycles. The first kappa shape index (κ1) is 12.1. The second-order valence-electron chi connectivity index (χ2n) is 4.04. The van der Waals surface area contributed by atoms with Crippen molar-refractivity contribution in [3.63, 3.8) is 0 Å². The molecule has 1 aromatic rings. The number of benzene rings is 1. The lowest BCUT2D eigenvalue weighted by Gasteiger charge is -2.19. The lowest BCUT2D eigenvalue weighted by atomic mass is 10.0. The number of rotatable bonds is 2. The molecule has 0 aliphatic rings. The standard InChI is InChI=1S/C12H17NOS/c1-8(2)10-6-5-9(3)11(7-10)13(4)12(14)15/h5-8H,1-4H3,(H,14,15). The molecular weight excluding hydrogens is 206 g/mol. The molecule has 0 radical (unpaired) electrons. The quantitative estimate of drug-likeness (QED) is 0.759. The van der Waals surface area contributed by atoms with E-state index in [-0.39, 0.29) is 5.24 Å². The van der Waals surface area contributed by atoms with Crippen molar-refractivity contribution in [2.45, 2.75) is 26.7 Å². The van der Waals surface area contributed by atoms with Gasteiger partial charge in [-0.15, -0.1) is 0 Å². The highest BCUT2D eigenvalue weighted by atomic mass is 32.1. The summed E-state index contributed by atoms with van der Waals surface area (Å²) in [6.07, 6.45) is 0. The van der Waals surface area contributed by atoms with E-state index in [2.05, 4.69) is 32.5 Å². The lowest BCUT2D eigenvalue weighted by molar-refractivity contribution is 0.266. The molecule has 0 unspecified atom stereocenters. The summed E-state index contributed by atoms with van der Waals surface area (Å²) in [5.41, 5.74) is 3.25. The fourth-order valence-corrected chi connectivity index (χ4v) is 1.56. The molecule has 0 fully saturated rings. The summed E-state index contributed by atoms with van der Waals surface area (Å²) in [4.78, 5) is 12.7. The van der Waals surface area contributed by atoms with Crippen molar-refractivity contribution in [2.75, 3.05) is 11.9 Å². The molecule has 0 saturated carbocycles. The monoisotopic (exact) mass is 223 g/mol. The average Bonchev–Trinajstić information content (AvgIpc) is 2.16. The molecule has 0 saturated heterocycles. The number of carbonyl (C=O) groups is 1. The van der Waals surface area contributed by atoms with E-state index in [9.17, 15) is 4.79 Å². The fraction of sp³-hybridized carbons (Fsp3) is 0.417. The van der Waals surface area contributed by atoms with Crippen molar-refractivity contribution in [2.24, 2.45) is 0 Å². The zero-order chi connectivity index (χ0) is 11.6. The fourth-order valence-electron chi connectivity index (χ4n) is 1.45. The van der Waals surface area contributed by atoms with E-state index in [1.807, 2.05) is 19.1 Å². The number of anilines is 1. The topological polar surface area (TPSA) is 20.3 Å². The predicted octanol–water partition coefficient (Wildman–Crippen LogP) is 3.60. The van der Waals surface area contributed by atoms with Gasteiger partial charge < -0.3 is 4.90 Å². The van der Waals surface area contributed by atoms with Crippen LogP contribution in [0.2, 0.25) is 0 Å². The van der Waals surface area contributed by atoms with E-state index < -0.39 is 0 Å². The second kappa shape index (κ2) is 4.71. The van der Waals surface area contributed by atoms with Gasteiger partial charge in [0.15, 0.2) is 0 Å². The minimum atomic E-state index is -0.237. The molecule has 2 nitrogen and oxygen atoms in total. The van der Waals surface area contributed by atoms with Gasteiger partial charge in [-0.25, -0.2) is 0 Å². The highest BCUT2D eigenvalue weighted by Gasteiger charge is 2.10. The summed E-state index contributed by atoms with van der Waals surface area (Å²) in [5.74, 6) is 0.466. The molecule has 0 atom stereocenters. The summed E-state index contributed by atoms with van der Waals surface area (Å²) >= 11 is 3.82. The maximum Gasteiger partial charge on any atom is 0.282 e. The zero-order valence-corrected chi connectivity index (χ0v) is 10.5. The summed E-state index contributed by atoms with van der Waals surface area (Å²) in [7, 11) is 1.74. The van der Waals surface area contributed by atoms with Crippen LogP contribution in [0.25, 0.3) is 0 Å². The van der Waals surface area contributed by atoms with Crippen LogP contribution in [0.1, 0.15) is 30.9 Å². The number of hydrogen-bond donors (Lipinski definition) is 1. The number of carbonyl (C=O) groups excluding carboxylic acids is 1. The first-order chi connectivity index (χ1) is 6.93. The molecule has 15 heavy (non-hydrogen) atoms. The Morgan fingerprint density at radius 1 is 1.40 bits per heavy atom. The van der Waals surface area contributed by atoms with Crippen LogP contribution in [0.3, 0.4) is 0 Å². The Hall–Kier alpha value is -0.960. The maximum atomic E-state index is 11.2. The number of thiol groups is 1. The Kier molecular flexibility index (Phi) is 3.80. The first-order valence-electron chi connectivity index (χ1n) is 5.00. The first-order valence-corrected chi connectivity index (χ1v) is 5.45. The Labute approximate surface area is 96.7 Å². The van der Waals surface area contributed by atoms with Crippen LogP contribution < -0.4 is 4.90 Å². The van der Waals surface area contributed by atoms with Crippen molar-refractivity contribution in [3.05, 3.63) is 29.3 Å². The van der Waals surface area contributed by atoms with E-state index in [1.54, 1.807) is 11.9 Å². The minimum absolute atomic E-state index is 0.237. The third-order valence-electron chi connectivity index (χ3n) is 2.55. The highest BCUT2D eigenvalue weighted by Crippen LogP contribution is 2.25. The Balaban J connectivity index is 3.16. The molecule has 1 amide bonds. The number of aryl methyl sites for hydroxylation is 1. The summed E-state index contributed by atoms with van der Waals surface area (Å²) in [6.45, 7) is 6.26. The molecule has 82 valence electrons. The van der Waals surface area contributed by atoms with Gasteiger partial charge in [0.05, 0.1) is 0 Å². The summed E-state index contributed by atoms with van der Waals surface area (Å²) in [6, 6.07) is 6.19. The van der Waals surface area contributed by atoms with Crippen LogP contribution in [-0.2, 0) is 0 Å². The smallest absolute Gasteiger partial charge is 0.282 e. The van der Waals surface area contributed by atoms with Gasteiger partial charge in [0.25, 0.3) is 5.24 Å². The van der Waals surface area contributed by atoms with Gasteiger partial charge in [-0.1, -0.05) is 38.6 Å². The molecule has 0 aromatic heterocycles.